The summed E-state index contributed by atoms with van der Waals surface area (Å²) in [7, 11) is -3.90. The van der Waals surface area contributed by atoms with E-state index >= 15 is 0 Å². The summed E-state index contributed by atoms with van der Waals surface area (Å²) in [4.78, 5) is 24.8. The molecule has 0 radical (unpaired) electrons. The number of ether oxygens (including phenoxy) is 1. The summed E-state index contributed by atoms with van der Waals surface area (Å²) in [5.74, 6) is -0.664. The zero-order valence-corrected chi connectivity index (χ0v) is 17.1. The van der Waals surface area contributed by atoms with E-state index in [9.17, 15) is 18.0 Å². The van der Waals surface area contributed by atoms with Crippen molar-refractivity contribution in [2.24, 2.45) is 11.1 Å². The average Bonchev–Trinajstić information content (AvgIpc) is 2.70. The summed E-state index contributed by atoms with van der Waals surface area (Å²) >= 11 is 0. The molecule has 0 aromatic heterocycles. The Labute approximate surface area is 170 Å². The van der Waals surface area contributed by atoms with Gasteiger partial charge in [-0.3, -0.25) is 4.79 Å². The van der Waals surface area contributed by atoms with Crippen molar-refractivity contribution in [2.45, 2.75) is 37.8 Å². The maximum absolute atomic E-state index is 12.7. The highest BCUT2D eigenvalue weighted by Gasteiger charge is 2.27. The molecule has 2 atom stereocenters. The maximum atomic E-state index is 12.7. The quantitative estimate of drug-likeness (QED) is 0.606. The van der Waals surface area contributed by atoms with Crippen molar-refractivity contribution in [1.29, 1.82) is 0 Å². The van der Waals surface area contributed by atoms with Gasteiger partial charge in [0.25, 0.3) is 0 Å². The molecule has 2 amide bonds. The number of rotatable bonds is 8. The molecule has 2 aromatic rings. The Bertz CT molecular complexity index is 948. The fourth-order valence-corrected chi connectivity index (χ4v) is 3.12. The minimum absolute atomic E-state index is 0.0813. The molecule has 0 aliphatic heterocycles. The van der Waals surface area contributed by atoms with Crippen LogP contribution in [-0.4, -0.2) is 26.5 Å². The van der Waals surface area contributed by atoms with Gasteiger partial charge in [0.05, 0.1) is 4.90 Å². The summed E-state index contributed by atoms with van der Waals surface area (Å²) in [6.07, 6.45) is -0.0820. The maximum Gasteiger partial charge on any atom is 0.408 e. The number of sulfonamides is 1. The van der Waals surface area contributed by atoms with E-state index in [-0.39, 0.29) is 23.1 Å². The smallest absolute Gasteiger partial charge is 0.408 e. The lowest BCUT2D eigenvalue weighted by Gasteiger charge is -2.23. The predicted molar refractivity (Wildman–Crippen MR) is 109 cm³/mol. The highest BCUT2D eigenvalue weighted by atomic mass is 32.2. The van der Waals surface area contributed by atoms with Crippen molar-refractivity contribution < 1.29 is 22.7 Å². The standard InChI is InChI=1S/C20H25N3O5S/c1-3-14(2)18(23-20(25)28-13-15-8-5-4-6-9-15)19(24)22-16-10-7-11-17(12-16)29(21,26)27/h4-12,14,18H,3,13H2,1-2H3,(H,22,24)(H,23,25)(H2,21,26,27)/t14-,18-/m0/s1. The molecule has 0 aliphatic carbocycles. The molecule has 29 heavy (non-hydrogen) atoms. The van der Waals surface area contributed by atoms with Crippen LogP contribution in [0.4, 0.5) is 10.5 Å². The van der Waals surface area contributed by atoms with Gasteiger partial charge in [-0.2, -0.15) is 0 Å². The summed E-state index contributed by atoms with van der Waals surface area (Å²) in [6, 6.07) is 13.9. The second-order valence-electron chi connectivity index (χ2n) is 6.63. The largest absolute Gasteiger partial charge is 0.445 e. The van der Waals surface area contributed by atoms with E-state index in [0.717, 1.165) is 5.56 Å². The highest BCUT2D eigenvalue weighted by molar-refractivity contribution is 7.89. The SMILES string of the molecule is CC[C@H](C)[C@H](NC(=O)OCc1ccccc1)C(=O)Nc1cccc(S(N)(=O)=O)c1. The van der Waals surface area contributed by atoms with Gasteiger partial charge in [0.15, 0.2) is 0 Å². The first-order valence-corrected chi connectivity index (χ1v) is 10.7. The van der Waals surface area contributed by atoms with Crippen LogP contribution in [0.25, 0.3) is 0 Å². The minimum Gasteiger partial charge on any atom is -0.445 e. The van der Waals surface area contributed by atoms with Gasteiger partial charge in [-0.15, -0.1) is 0 Å². The Hall–Kier alpha value is -2.91. The molecule has 0 aliphatic rings. The number of primary sulfonamides is 1. The number of hydrogen-bond acceptors (Lipinski definition) is 5. The van der Waals surface area contributed by atoms with E-state index in [4.69, 9.17) is 9.88 Å². The van der Waals surface area contributed by atoms with Crippen molar-refractivity contribution >= 4 is 27.7 Å². The number of amides is 2. The molecular weight excluding hydrogens is 394 g/mol. The number of carbonyl (C=O) groups excluding carboxylic acids is 2. The van der Waals surface area contributed by atoms with Crippen molar-refractivity contribution in [3.05, 3.63) is 60.2 Å². The first-order valence-electron chi connectivity index (χ1n) is 9.11. The van der Waals surface area contributed by atoms with Gasteiger partial charge in [-0.05, 0) is 29.7 Å². The van der Waals surface area contributed by atoms with Crippen LogP contribution in [0, 0.1) is 5.92 Å². The third-order valence-electron chi connectivity index (χ3n) is 4.41. The highest BCUT2D eigenvalue weighted by Crippen LogP contribution is 2.16. The first-order chi connectivity index (χ1) is 13.7. The fourth-order valence-electron chi connectivity index (χ4n) is 2.56. The number of hydrogen-bond donors (Lipinski definition) is 3. The normalized spacial score (nSPS) is 13.2. The van der Waals surface area contributed by atoms with Gasteiger partial charge in [0.1, 0.15) is 12.6 Å². The molecule has 0 spiro atoms. The molecule has 0 fully saturated rings. The van der Waals surface area contributed by atoms with Crippen LogP contribution in [0.1, 0.15) is 25.8 Å². The average molecular weight is 420 g/mol. The molecule has 8 nitrogen and oxygen atoms in total. The van der Waals surface area contributed by atoms with Crippen molar-refractivity contribution in [1.82, 2.24) is 5.32 Å². The summed E-state index contributed by atoms with van der Waals surface area (Å²) in [6.45, 7) is 3.80. The van der Waals surface area contributed by atoms with Crippen LogP contribution in [-0.2, 0) is 26.2 Å². The summed E-state index contributed by atoms with van der Waals surface area (Å²) in [5, 5.41) is 10.3. The van der Waals surface area contributed by atoms with Crippen molar-refractivity contribution in [2.75, 3.05) is 5.32 Å². The van der Waals surface area contributed by atoms with Crippen LogP contribution in [0.15, 0.2) is 59.5 Å². The number of nitrogens with one attached hydrogen (secondary N) is 2. The van der Waals surface area contributed by atoms with Gasteiger partial charge in [-0.1, -0.05) is 56.7 Å². The zero-order valence-electron chi connectivity index (χ0n) is 16.3. The molecule has 0 saturated carbocycles. The van der Waals surface area contributed by atoms with Gasteiger partial charge >= 0.3 is 6.09 Å². The van der Waals surface area contributed by atoms with Crippen LogP contribution in [0.3, 0.4) is 0 Å². The van der Waals surface area contributed by atoms with Crippen LogP contribution in [0.2, 0.25) is 0 Å². The molecule has 156 valence electrons. The fraction of sp³-hybridized carbons (Fsp3) is 0.300. The lowest BCUT2D eigenvalue weighted by Crippen LogP contribution is -2.47. The van der Waals surface area contributed by atoms with Gasteiger partial charge in [0.2, 0.25) is 15.9 Å². The zero-order chi connectivity index (χ0) is 21.4. The number of carbonyl (C=O) groups is 2. The Kier molecular flexibility index (Phi) is 7.74. The Morgan fingerprint density at radius 1 is 1.10 bits per heavy atom. The summed E-state index contributed by atoms with van der Waals surface area (Å²) in [5.41, 5.74) is 1.08. The Morgan fingerprint density at radius 3 is 2.41 bits per heavy atom. The lowest BCUT2D eigenvalue weighted by atomic mass is 9.98. The van der Waals surface area contributed by atoms with Crippen molar-refractivity contribution in [3.8, 4) is 0 Å². The molecular formula is C20H25N3O5S. The second kappa shape index (κ2) is 10.0. The molecule has 0 unspecified atom stereocenters. The number of benzene rings is 2. The van der Waals surface area contributed by atoms with Gasteiger partial charge < -0.3 is 15.4 Å². The topological polar surface area (TPSA) is 128 Å². The molecule has 2 aromatic carbocycles. The third-order valence-corrected chi connectivity index (χ3v) is 5.32. The molecule has 0 heterocycles. The number of anilines is 1. The van der Waals surface area contributed by atoms with E-state index in [2.05, 4.69) is 10.6 Å². The third kappa shape index (κ3) is 6.88. The molecule has 4 N–H and O–H groups in total. The molecule has 0 saturated heterocycles. The second-order valence-corrected chi connectivity index (χ2v) is 8.19. The van der Waals surface area contributed by atoms with E-state index in [1.165, 1.54) is 24.3 Å². The Morgan fingerprint density at radius 2 is 1.79 bits per heavy atom. The summed E-state index contributed by atoms with van der Waals surface area (Å²) < 4.78 is 28.2. The van der Waals surface area contributed by atoms with Gasteiger partial charge in [-0.25, -0.2) is 18.4 Å². The van der Waals surface area contributed by atoms with E-state index < -0.39 is 28.1 Å². The first kappa shape index (κ1) is 22.4. The van der Waals surface area contributed by atoms with E-state index in [0.29, 0.717) is 6.42 Å². The van der Waals surface area contributed by atoms with Gasteiger partial charge in [0, 0.05) is 5.69 Å². The van der Waals surface area contributed by atoms with E-state index in [1.807, 2.05) is 44.2 Å². The minimum atomic E-state index is -3.90. The Balaban J connectivity index is 2.05. The molecule has 2 rings (SSSR count). The number of nitrogens with two attached hydrogens (primary N) is 1. The van der Waals surface area contributed by atoms with Crippen LogP contribution >= 0.6 is 0 Å². The van der Waals surface area contributed by atoms with Crippen LogP contribution < -0.4 is 15.8 Å². The van der Waals surface area contributed by atoms with Crippen molar-refractivity contribution in [3.63, 3.8) is 0 Å². The lowest BCUT2D eigenvalue weighted by molar-refractivity contribution is -0.119. The molecule has 0 bridgehead atoms. The number of alkyl carbamates (subject to hydrolysis) is 1. The monoisotopic (exact) mass is 419 g/mol. The molecule has 9 heteroatoms. The predicted octanol–water partition coefficient (Wildman–Crippen LogP) is 2.61. The van der Waals surface area contributed by atoms with Crippen LogP contribution in [0.5, 0.6) is 0 Å². The van der Waals surface area contributed by atoms with E-state index in [1.54, 1.807) is 0 Å².